The van der Waals surface area contributed by atoms with E-state index in [1.807, 2.05) is 48.5 Å². The minimum atomic E-state index is -0.151. The molecule has 5 aromatic rings. The Balaban J connectivity index is 0.000000184. The van der Waals surface area contributed by atoms with Gasteiger partial charge >= 0.3 is 0 Å². The second-order valence-corrected chi connectivity index (χ2v) is 11.0. The summed E-state index contributed by atoms with van der Waals surface area (Å²) >= 11 is 0. The second-order valence-electron chi connectivity index (χ2n) is 11.0. The Morgan fingerprint density at radius 1 is 0.262 bits per heavy atom. The predicted octanol–water partition coefficient (Wildman–Crippen LogP) is 7.95. The van der Waals surface area contributed by atoms with Gasteiger partial charge in [0, 0.05) is 10.8 Å². The minimum Gasteiger partial charge on any atom is -0.508 e. The van der Waals surface area contributed by atoms with Crippen LogP contribution >= 0.6 is 0 Å². The number of phenolic OH excluding ortho intramolecular Hbond substituents is 6. The Kier molecular flexibility index (Phi) is 10.1. The highest BCUT2D eigenvalue weighted by atomic mass is 16.3. The average molecular weight is 567 g/mol. The highest BCUT2D eigenvalue weighted by Gasteiger charge is 2.23. The number of aromatic hydroxyl groups is 6. The fourth-order valence-corrected chi connectivity index (χ4v) is 4.30. The molecule has 0 atom stereocenters. The Morgan fingerprint density at radius 3 is 0.524 bits per heavy atom. The molecule has 0 aliphatic rings. The Morgan fingerprint density at radius 2 is 0.381 bits per heavy atom. The summed E-state index contributed by atoms with van der Waals surface area (Å²) in [6.07, 6.45) is 0. The van der Waals surface area contributed by atoms with Crippen LogP contribution in [0.15, 0.2) is 121 Å². The first-order chi connectivity index (χ1) is 19.8. The van der Waals surface area contributed by atoms with E-state index in [9.17, 15) is 20.4 Å². The summed E-state index contributed by atoms with van der Waals surface area (Å²) in [5.74, 6) is 1.43. The standard InChI is InChI=1S/2C15H16O2.C6H6O2/c2*1-15(2,11-3-7-13(16)8-4-11)12-5-9-14(17)10-6-12;7-5-1-2-6(8)4-3-5/h2*3-10,16-17H,1-2H3;1-4,7-8H. The molecule has 6 nitrogen and oxygen atoms in total. The molecular weight excluding hydrogens is 528 g/mol. The van der Waals surface area contributed by atoms with Gasteiger partial charge in [0.1, 0.15) is 34.5 Å². The third kappa shape index (κ3) is 8.45. The number of hydrogen-bond acceptors (Lipinski definition) is 6. The third-order valence-electron chi connectivity index (χ3n) is 7.21. The van der Waals surface area contributed by atoms with Gasteiger partial charge in [-0.25, -0.2) is 0 Å². The van der Waals surface area contributed by atoms with Crippen molar-refractivity contribution in [2.24, 2.45) is 0 Å². The maximum atomic E-state index is 9.30. The van der Waals surface area contributed by atoms with Crippen molar-refractivity contribution in [3.05, 3.63) is 144 Å². The molecule has 0 aliphatic heterocycles. The van der Waals surface area contributed by atoms with Gasteiger partial charge in [0.25, 0.3) is 0 Å². The molecule has 0 bridgehead atoms. The molecule has 218 valence electrons. The van der Waals surface area contributed by atoms with Crippen molar-refractivity contribution in [2.45, 2.75) is 38.5 Å². The Labute approximate surface area is 247 Å². The van der Waals surface area contributed by atoms with Gasteiger partial charge in [-0.15, -0.1) is 0 Å². The maximum Gasteiger partial charge on any atom is 0.115 e. The Bertz CT molecular complexity index is 1310. The fraction of sp³-hybridized carbons (Fsp3) is 0.167. The second kappa shape index (κ2) is 13.5. The van der Waals surface area contributed by atoms with Crippen molar-refractivity contribution in [2.75, 3.05) is 0 Å². The molecule has 0 spiro atoms. The minimum absolute atomic E-state index is 0.151. The van der Waals surface area contributed by atoms with E-state index in [2.05, 4.69) is 27.7 Å². The summed E-state index contributed by atoms with van der Waals surface area (Å²) < 4.78 is 0. The van der Waals surface area contributed by atoms with Crippen LogP contribution in [-0.4, -0.2) is 30.6 Å². The largest absolute Gasteiger partial charge is 0.508 e. The first-order valence-electron chi connectivity index (χ1n) is 13.4. The first kappa shape index (κ1) is 31.4. The van der Waals surface area contributed by atoms with E-state index in [4.69, 9.17) is 10.2 Å². The van der Waals surface area contributed by atoms with Gasteiger partial charge in [-0.05, 0) is 95.1 Å². The lowest BCUT2D eigenvalue weighted by molar-refractivity contribution is 0.460. The molecule has 6 N–H and O–H groups in total. The normalized spacial score (nSPS) is 11.0. The molecule has 0 saturated carbocycles. The van der Waals surface area contributed by atoms with Gasteiger partial charge in [0.05, 0.1) is 0 Å². The van der Waals surface area contributed by atoms with Gasteiger partial charge < -0.3 is 30.6 Å². The molecule has 0 saturated heterocycles. The van der Waals surface area contributed by atoms with Crippen molar-refractivity contribution in [1.29, 1.82) is 0 Å². The lowest BCUT2D eigenvalue weighted by Crippen LogP contribution is -2.18. The summed E-state index contributed by atoms with van der Waals surface area (Å²) in [4.78, 5) is 0. The predicted molar refractivity (Wildman–Crippen MR) is 166 cm³/mol. The van der Waals surface area contributed by atoms with E-state index in [1.54, 1.807) is 48.5 Å². The van der Waals surface area contributed by atoms with E-state index < -0.39 is 0 Å². The number of benzene rings is 5. The summed E-state index contributed by atoms with van der Waals surface area (Å²) in [6, 6.07) is 34.6. The first-order valence-corrected chi connectivity index (χ1v) is 13.4. The highest BCUT2D eigenvalue weighted by molar-refractivity contribution is 5.42. The fourth-order valence-electron chi connectivity index (χ4n) is 4.30. The molecule has 0 unspecified atom stereocenters. The summed E-state index contributed by atoms with van der Waals surface area (Å²) in [5, 5.41) is 54.5. The van der Waals surface area contributed by atoms with Crippen LogP contribution in [0.25, 0.3) is 0 Å². The monoisotopic (exact) mass is 566 g/mol. The third-order valence-corrected chi connectivity index (χ3v) is 7.21. The molecule has 6 heteroatoms. The van der Waals surface area contributed by atoms with Gasteiger partial charge in [-0.1, -0.05) is 76.2 Å². The van der Waals surface area contributed by atoms with E-state index in [1.165, 1.54) is 24.3 Å². The SMILES string of the molecule is CC(C)(c1ccc(O)cc1)c1ccc(O)cc1.CC(C)(c1ccc(O)cc1)c1ccc(O)cc1.Oc1ccc(O)cc1. The zero-order valence-corrected chi connectivity index (χ0v) is 24.2. The lowest BCUT2D eigenvalue weighted by Gasteiger charge is -2.26. The van der Waals surface area contributed by atoms with E-state index >= 15 is 0 Å². The van der Waals surface area contributed by atoms with Gasteiger partial charge in [-0.2, -0.15) is 0 Å². The van der Waals surface area contributed by atoms with Crippen LogP contribution in [0.2, 0.25) is 0 Å². The van der Waals surface area contributed by atoms with Crippen molar-refractivity contribution in [3.63, 3.8) is 0 Å². The van der Waals surface area contributed by atoms with Crippen LogP contribution in [0.3, 0.4) is 0 Å². The summed E-state index contributed by atoms with van der Waals surface area (Å²) in [7, 11) is 0. The maximum absolute atomic E-state index is 9.30. The molecule has 0 aliphatic carbocycles. The van der Waals surface area contributed by atoms with Crippen molar-refractivity contribution in [3.8, 4) is 34.5 Å². The molecular formula is C36H38O6. The molecule has 5 aromatic carbocycles. The molecule has 0 amide bonds. The van der Waals surface area contributed by atoms with Crippen LogP contribution in [0.1, 0.15) is 49.9 Å². The number of phenols is 6. The number of hydrogen-bond donors (Lipinski definition) is 6. The smallest absolute Gasteiger partial charge is 0.115 e. The molecule has 42 heavy (non-hydrogen) atoms. The summed E-state index contributed by atoms with van der Waals surface area (Å²) in [5.41, 5.74) is 4.20. The van der Waals surface area contributed by atoms with Crippen molar-refractivity contribution in [1.82, 2.24) is 0 Å². The van der Waals surface area contributed by atoms with E-state index in [0.717, 1.165) is 22.3 Å². The zero-order valence-electron chi connectivity index (χ0n) is 24.2. The lowest BCUT2D eigenvalue weighted by atomic mass is 9.78. The quantitative estimate of drug-likeness (QED) is 0.123. The van der Waals surface area contributed by atoms with Crippen LogP contribution in [0.5, 0.6) is 34.5 Å². The molecule has 0 radical (unpaired) electrons. The average Bonchev–Trinajstić information content (AvgIpc) is 2.96. The van der Waals surface area contributed by atoms with Gasteiger partial charge in [0.15, 0.2) is 0 Å². The van der Waals surface area contributed by atoms with Crippen LogP contribution in [0, 0.1) is 0 Å². The Hall–Kier alpha value is -5.10. The molecule has 0 aromatic heterocycles. The van der Waals surface area contributed by atoms with Crippen LogP contribution in [0.4, 0.5) is 0 Å². The van der Waals surface area contributed by atoms with Gasteiger partial charge in [0.2, 0.25) is 0 Å². The van der Waals surface area contributed by atoms with Crippen LogP contribution in [-0.2, 0) is 10.8 Å². The zero-order chi connectivity index (χ0) is 30.9. The highest BCUT2D eigenvalue weighted by Crippen LogP contribution is 2.34. The summed E-state index contributed by atoms with van der Waals surface area (Å²) in [6.45, 7) is 8.47. The van der Waals surface area contributed by atoms with E-state index in [0.29, 0.717) is 0 Å². The van der Waals surface area contributed by atoms with Crippen molar-refractivity contribution >= 4 is 0 Å². The topological polar surface area (TPSA) is 121 Å². The molecule has 0 fully saturated rings. The van der Waals surface area contributed by atoms with Gasteiger partial charge in [-0.3, -0.25) is 0 Å². The van der Waals surface area contributed by atoms with E-state index in [-0.39, 0.29) is 45.3 Å². The molecule has 5 rings (SSSR count). The number of rotatable bonds is 4. The van der Waals surface area contributed by atoms with Crippen molar-refractivity contribution < 1.29 is 30.6 Å². The van der Waals surface area contributed by atoms with Crippen LogP contribution < -0.4 is 0 Å². The molecule has 0 heterocycles.